The first-order chi connectivity index (χ1) is 7.13. The predicted molar refractivity (Wildman–Crippen MR) is 69.2 cm³/mol. The predicted octanol–water partition coefficient (Wildman–Crippen LogP) is 3.49. The molecule has 0 saturated heterocycles. The molecule has 0 aliphatic rings. The van der Waals surface area contributed by atoms with Crippen LogP contribution >= 0.6 is 0 Å². The van der Waals surface area contributed by atoms with E-state index in [2.05, 4.69) is 25.1 Å². The first kappa shape index (κ1) is 14.6. The fourth-order valence-electron chi connectivity index (χ4n) is 1.32. The Labute approximate surface area is 96.3 Å². The van der Waals surface area contributed by atoms with Crippen LogP contribution in [0.1, 0.15) is 47.0 Å². The highest BCUT2D eigenvalue weighted by molar-refractivity contribution is 7.87. The van der Waals surface area contributed by atoms with E-state index in [0.717, 1.165) is 36.3 Å². The number of hydrogen-bond donors (Lipinski definition) is 0. The molecule has 0 bridgehead atoms. The Morgan fingerprint density at radius 2 is 1.93 bits per heavy atom. The summed E-state index contributed by atoms with van der Waals surface area (Å²) in [5, 5.41) is 0. The molecule has 1 unspecified atom stereocenters. The van der Waals surface area contributed by atoms with Crippen LogP contribution in [0, 0.1) is 0 Å². The minimum atomic E-state index is -0.0510. The second-order valence-corrected chi connectivity index (χ2v) is 5.72. The van der Waals surface area contributed by atoms with Gasteiger partial charge >= 0.3 is 0 Å². The van der Waals surface area contributed by atoms with Crippen LogP contribution < -0.4 is 0 Å². The molecule has 3 heteroatoms. The van der Waals surface area contributed by atoms with Crippen molar-refractivity contribution in [2.75, 3.05) is 11.5 Å². The van der Waals surface area contributed by atoms with Gasteiger partial charge in [-0.05, 0) is 19.8 Å². The van der Waals surface area contributed by atoms with Gasteiger partial charge in [0.15, 0.2) is 0 Å². The standard InChI is InChI=1S/C12H23NOS/c1-5-8-11(4)10-12(14)13-15(7-3)9-6-2/h10H,5-9H2,1-4H3/b11-10+. The topological polar surface area (TPSA) is 29.4 Å². The molecule has 0 aromatic heterocycles. The van der Waals surface area contributed by atoms with Gasteiger partial charge in [-0.25, -0.2) is 0 Å². The van der Waals surface area contributed by atoms with E-state index in [9.17, 15) is 4.79 Å². The van der Waals surface area contributed by atoms with Crippen LogP contribution in [0.3, 0.4) is 0 Å². The average molecular weight is 229 g/mol. The summed E-state index contributed by atoms with van der Waals surface area (Å²) in [6, 6.07) is 0. The van der Waals surface area contributed by atoms with Gasteiger partial charge in [0.05, 0.1) is 0 Å². The van der Waals surface area contributed by atoms with Gasteiger partial charge in [0.1, 0.15) is 0 Å². The maximum absolute atomic E-state index is 11.5. The second-order valence-electron chi connectivity index (χ2n) is 3.63. The van der Waals surface area contributed by atoms with E-state index in [1.54, 1.807) is 6.08 Å². The van der Waals surface area contributed by atoms with Gasteiger partial charge in [-0.2, -0.15) is 4.36 Å². The van der Waals surface area contributed by atoms with Crippen molar-refractivity contribution in [3.05, 3.63) is 11.6 Å². The number of carbonyl (C=O) groups excluding carboxylic acids is 1. The third-order valence-corrected chi connectivity index (χ3v) is 3.99. The molecule has 0 aromatic rings. The van der Waals surface area contributed by atoms with E-state index in [1.165, 1.54) is 0 Å². The number of hydrogen-bond acceptors (Lipinski definition) is 1. The Balaban J connectivity index is 4.37. The van der Waals surface area contributed by atoms with Gasteiger partial charge in [0.2, 0.25) is 0 Å². The molecule has 15 heavy (non-hydrogen) atoms. The number of carbonyl (C=O) groups is 1. The number of amides is 1. The van der Waals surface area contributed by atoms with Crippen LogP contribution in [0.5, 0.6) is 0 Å². The fourth-order valence-corrected chi connectivity index (χ4v) is 2.61. The van der Waals surface area contributed by atoms with E-state index in [-0.39, 0.29) is 16.6 Å². The quantitative estimate of drug-likeness (QED) is 0.641. The van der Waals surface area contributed by atoms with E-state index < -0.39 is 0 Å². The third-order valence-electron chi connectivity index (χ3n) is 2.01. The lowest BCUT2D eigenvalue weighted by Gasteiger charge is -2.01. The number of rotatable bonds is 6. The molecule has 0 heterocycles. The molecule has 0 aromatic carbocycles. The van der Waals surface area contributed by atoms with Crippen LogP contribution in [0.15, 0.2) is 16.0 Å². The first-order valence-electron chi connectivity index (χ1n) is 5.74. The second kappa shape index (κ2) is 8.84. The van der Waals surface area contributed by atoms with Crippen LogP contribution in [-0.2, 0) is 15.5 Å². The third kappa shape index (κ3) is 7.48. The molecule has 1 atom stereocenters. The summed E-state index contributed by atoms with van der Waals surface area (Å²) in [7, 11) is -0.0510. The van der Waals surface area contributed by atoms with Crippen molar-refractivity contribution in [1.29, 1.82) is 0 Å². The molecular formula is C12H23NOS. The maximum Gasteiger partial charge on any atom is 0.275 e. The summed E-state index contributed by atoms with van der Waals surface area (Å²) in [6.07, 6.45) is 4.87. The Bertz CT molecular complexity index is 256. The smallest absolute Gasteiger partial charge is 0.267 e. The highest BCUT2D eigenvalue weighted by Crippen LogP contribution is 2.04. The summed E-state index contributed by atoms with van der Waals surface area (Å²) in [6.45, 7) is 8.35. The molecule has 0 spiro atoms. The average Bonchev–Trinajstić information content (AvgIpc) is 2.17. The van der Waals surface area contributed by atoms with Crippen molar-refractivity contribution in [1.82, 2.24) is 0 Å². The SMILES string of the molecule is CCC/C(C)=C/C(=O)N=S(CC)CCC. The molecule has 0 aliphatic carbocycles. The summed E-state index contributed by atoms with van der Waals surface area (Å²) in [5.74, 6) is 1.99. The molecule has 2 nitrogen and oxygen atoms in total. The van der Waals surface area contributed by atoms with Gasteiger partial charge in [-0.1, -0.05) is 43.5 Å². The van der Waals surface area contributed by atoms with Gasteiger partial charge < -0.3 is 0 Å². The molecule has 0 radical (unpaired) electrons. The molecule has 0 saturated carbocycles. The molecule has 0 aliphatic heterocycles. The van der Waals surface area contributed by atoms with Crippen molar-refractivity contribution in [3.8, 4) is 0 Å². The molecule has 88 valence electrons. The van der Waals surface area contributed by atoms with E-state index >= 15 is 0 Å². The zero-order valence-electron chi connectivity index (χ0n) is 10.4. The van der Waals surface area contributed by atoms with E-state index in [0.29, 0.717) is 0 Å². The van der Waals surface area contributed by atoms with Crippen molar-refractivity contribution in [2.45, 2.75) is 47.0 Å². The van der Waals surface area contributed by atoms with Crippen LogP contribution in [0.2, 0.25) is 0 Å². The van der Waals surface area contributed by atoms with E-state index in [4.69, 9.17) is 0 Å². The molecule has 0 fully saturated rings. The minimum absolute atomic E-state index is 0.0421. The van der Waals surface area contributed by atoms with Gasteiger partial charge in [-0.3, -0.25) is 4.79 Å². The fraction of sp³-hybridized carbons (Fsp3) is 0.750. The molecule has 0 rings (SSSR count). The van der Waals surface area contributed by atoms with Crippen molar-refractivity contribution < 1.29 is 4.79 Å². The van der Waals surface area contributed by atoms with Crippen molar-refractivity contribution in [3.63, 3.8) is 0 Å². The van der Waals surface area contributed by atoms with Crippen molar-refractivity contribution in [2.24, 2.45) is 4.36 Å². The summed E-state index contributed by atoms with van der Waals surface area (Å²) < 4.78 is 4.22. The summed E-state index contributed by atoms with van der Waals surface area (Å²) in [4.78, 5) is 11.5. The highest BCUT2D eigenvalue weighted by Gasteiger charge is 1.98. The number of nitrogens with zero attached hydrogens (tertiary/aromatic N) is 1. The lowest BCUT2D eigenvalue weighted by atomic mass is 10.2. The van der Waals surface area contributed by atoms with E-state index in [1.807, 2.05) is 6.92 Å². The Morgan fingerprint density at radius 1 is 1.27 bits per heavy atom. The Morgan fingerprint density at radius 3 is 2.40 bits per heavy atom. The minimum Gasteiger partial charge on any atom is -0.267 e. The summed E-state index contributed by atoms with van der Waals surface area (Å²) >= 11 is 0. The monoisotopic (exact) mass is 229 g/mol. The lowest BCUT2D eigenvalue weighted by molar-refractivity contribution is -0.113. The van der Waals surface area contributed by atoms with Gasteiger partial charge in [-0.15, -0.1) is 0 Å². The lowest BCUT2D eigenvalue weighted by Crippen LogP contribution is -2.02. The Hall–Kier alpha value is -0.440. The normalized spacial score (nSPS) is 14.3. The highest BCUT2D eigenvalue weighted by atomic mass is 32.2. The van der Waals surface area contributed by atoms with Crippen LogP contribution in [0.4, 0.5) is 0 Å². The van der Waals surface area contributed by atoms with Crippen molar-refractivity contribution >= 4 is 16.6 Å². The zero-order valence-corrected chi connectivity index (χ0v) is 11.2. The van der Waals surface area contributed by atoms with Crippen LogP contribution in [-0.4, -0.2) is 17.4 Å². The number of allylic oxidation sites excluding steroid dienone is 1. The molecule has 1 amide bonds. The van der Waals surface area contributed by atoms with Gasteiger partial charge in [0.25, 0.3) is 5.91 Å². The molecule has 0 N–H and O–H groups in total. The van der Waals surface area contributed by atoms with Crippen LogP contribution in [0.25, 0.3) is 0 Å². The maximum atomic E-state index is 11.5. The summed E-state index contributed by atoms with van der Waals surface area (Å²) in [5.41, 5.74) is 1.14. The molecular weight excluding hydrogens is 206 g/mol. The Kier molecular flexibility index (Phi) is 8.58. The largest absolute Gasteiger partial charge is 0.275 e. The zero-order chi connectivity index (χ0) is 11.7. The van der Waals surface area contributed by atoms with Gasteiger partial charge in [0, 0.05) is 17.6 Å². The first-order valence-corrected chi connectivity index (χ1v) is 7.26.